The molecule has 0 aromatic heterocycles. The van der Waals surface area contributed by atoms with Crippen molar-refractivity contribution in [3.8, 4) is 11.5 Å². The largest absolute Gasteiger partial charge is 0.492 e. The Morgan fingerprint density at radius 2 is 0.818 bits per heavy atom. The van der Waals surface area contributed by atoms with Gasteiger partial charge in [0.15, 0.2) is 0 Å². The second kappa shape index (κ2) is 18.9. The summed E-state index contributed by atoms with van der Waals surface area (Å²) in [6, 6.07) is 35.2. The summed E-state index contributed by atoms with van der Waals surface area (Å²) in [7, 11) is 0. The number of carbonyl (C=O) groups excluding carboxylic acids is 2. The van der Waals surface area contributed by atoms with Gasteiger partial charge in [0, 0.05) is 25.9 Å². The molecule has 4 aromatic rings. The van der Waals surface area contributed by atoms with E-state index in [0.717, 1.165) is 51.4 Å². The average molecular weight is 593 g/mol. The molecule has 0 saturated heterocycles. The van der Waals surface area contributed by atoms with Gasteiger partial charge < -0.3 is 20.1 Å². The number of ether oxygens (including phenoxy) is 2. The van der Waals surface area contributed by atoms with Crippen molar-refractivity contribution in [3.05, 3.63) is 131 Å². The number of para-hydroxylation sites is 2. The van der Waals surface area contributed by atoms with Gasteiger partial charge in [-0.1, -0.05) is 111 Å². The highest BCUT2D eigenvalue weighted by Gasteiger charge is 2.13. The summed E-state index contributed by atoms with van der Waals surface area (Å²) in [5, 5.41) is 6.07. The van der Waals surface area contributed by atoms with Gasteiger partial charge in [-0.2, -0.15) is 0 Å². The number of amides is 2. The highest BCUT2D eigenvalue weighted by molar-refractivity contribution is 5.97. The molecule has 0 radical (unpaired) electrons. The minimum Gasteiger partial charge on any atom is -0.492 e. The second-order valence-electron chi connectivity index (χ2n) is 10.8. The Morgan fingerprint density at radius 3 is 1.25 bits per heavy atom. The van der Waals surface area contributed by atoms with Gasteiger partial charge in [0.05, 0.1) is 24.3 Å². The van der Waals surface area contributed by atoms with Crippen molar-refractivity contribution in [1.29, 1.82) is 0 Å². The standard InChI is InChI=1S/C38H44N2O4/c41-37(33-21-11-13-23-35(33)43-29-25-31-17-7-5-8-18-31)39-27-15-3-1-2-4-16-28-40-38(42)34-22-12-14-24-36(34)44-30-26-32-19-9-6-10-20-32/h5-14,17-24H,1-4,15-16,25-30H2,(H,39,41)(H,40,42). The molecule has 0 heterocycles. The number of carbonyl (C=O) groups is 2. The van der Waals surface area contributed by atoms with Crippen LogP contribution in [-0.2, 0) is 12.8 Å². The summed E-state index contributed by atoms with van der Waals surface area (Å²) >= 11 is 0. The molecule has 0 aliphatic rings. The first-order valence-corrected chi connectivity index (χ1v) is 15.8. The molecular formula is C38H44N2O4. The molecular weight excluding hydrogens is 548 g/mol. The number of rotatable bonds is 19. The topological polar surface area (TPSA) is 76.7 Å². The van der Waals surface area contributed by atoms with Gasteiger partial charge in [-0.15, -0.1) is 0 Å². The van der Waals surface area contributed by atoms with Crippen molar-refractivity contribution >= 4 is 11.8 Å². The zero-order valence-electron chi connectivity index (χ0n) is 25.5. The van der Waals surface area contributed by atoms with Crippen molar-refractivity contribution in [3.63, 3.8) is 0 Å². The molecule has 0 unspecified atom stereocenters. The Kier molecular flexibility index (Phi) is 13.9. The van der Waals surface area contributed by atoms with Crippen molar-refractivity contribution in [2.45, 2.75) is 51.4 Å². The maximum absolute atomic E-state index is 12.8. The number of nitrogens with one attached hydrogen (secondary N) is 2. The van der Waals surface area contributed by atoms with Crippen LogP contribution in [0.3, 0.4) is 0 Å². The second-order valence-corrected chi connectivity index (χ2v) is 10.8. The highest BCUT2D eigenvalue weighted by Crippen LogP contribution is 2.19. The molecule has 44 heavy (non-hydrogen) atoms. The van der Waals surface area contributed by atoms with E-state index < -0.39 is 0 Å². The molecule has 0 aliphatic heterocycles. The molecule has 0 atom stereocenters. The Labute approximate surface area is 261 Å². The van der Waals surface area contributed by atoms with Gasteiger partial charge in [-0.05, 0) is 48.2 Å². The fraction of sp³-hybridized carbons (Fsp3) is 0.316. The lowest BCUT2D eigenvalue weighted by Gasteiger charge is -2.12. The Balaban J connectivity index is 1.04. The predicted molar refractivity (Wildman–Crippen MR) is 177 cm³/mol. The summed E-state index contributed by atoms with van der Waals surface area (Å²) in [6.45, 7) is 2.32. The van der Waals surface area contributed by atoms with Crippen molar-refractivity contribution in [2.75, 3.05) is 26.3 Å². The van der Waals surface area contributed by atoms with E-state index >= 15 is 0 Å². The molecule has 4 rings (SSSR count). The van der Waals surface area contributed by atoms with E-state index in [1.165, 1.54) is 11.1 Å². The SMILES string of the molecule is O=C(NCCCCCCCCNC(=O)c1ccccc1OCCc1ccccc1)c1ccccc1OCCc1ccccc1. The highest BCUT2D eigenvalue weighted by atomic mass is 16.5. The van der Waals surface area contributed by atoms with Crippen LogP contribution in [0.4, 0.5) is 0 Å². The summed E-state index contributed by atoms with van der Waals surface area (Å²) in [5.41, 5.74) is 3.56. The van der Waals surface area contributed by atoms with Crippen molar-refractivity contribution in [2.24, 2.45) is 0 Å². The monoisotopic (exact) mass is 592 g/mol. The van der Waals surface area contributed by atoms with E-state index in [-0.39, 0.29) is 11.8 Å². The predicted octanol–water partition coefficient (Wildman–Crippen LogP) is 7.43. The van der Waals surface area contributed by atoms with Gasteiger partial charge >= 0.3 is 0 Å². The first-order valence-electron chi connectivity index (χ1n) is 15.8. The van der Waals surface area contributed by atoms with Crippen LogP contribution < -0.4 is 20.1 Å². The summed E-state index contributed by atoms with van der Waals surface area (Å²) < 4.78 is 11.9. The third kappa shape index (κ3) is 11.3. The quantitative estimate of drug-likeness (QED) is 0.111. The first-order chi connectivity index (χ1) is 21.7. The lowest BCUT2D eigenvalue weighted by Crippen LogP contribution is -2.25. The third-order valence-electron chi connectivity index (χ3n) is 7.42. The lowest BCUT2D eigenvalue weighted by atomic mass is 10.1. The van der Waals surface area contributed by atoms with Gasteiger partial charge in [-0.25, -0.2) is 0 Å². The Morgan fingerprint density at radius 1 is 0.455 bits per heavy atom. The van der Waals surface area contributed by atoms with E-state index in [9.17, 15) is 9.59 Å². The first kappa shape index (κ1) is 32.3. The molecule has 2 N–H and O–H groups in total. The van der Waals surface area contributed by atoms with Crippen LogP contribution >= 0.6 is 0 Å². The zero-order chi connectivity index (χ0) is 30.7. The molecule has 0 aliphatic carbocycles. The van der Waals surface area contributed by atoms with Gasteiger partial charge in [0.1, 0.15) is 11.5 Å². The number of hydrogen-bond acceptors (Lipinski definition) is 4. The molecule has 0 fully saturated rings. The van der Waals surface area contributed by atoms with Gasteiger partial charge in [-0.3, -0.25) is 9.59 Å². The molecule has 6 nitrogen and oxygen atoms in total. The number of benzene rings is 4. The fourth-order valence-electron chi connectivity index (χ4n) is 4.96. The van der Waals surface area contributed by atoms with E-state index in [4.69, 9.17) is 9.47 Å². The van der Waals surface area contributed by atoms with Crippen LogP contribution in [0.5, 0.6) is 11.5 Å². The van der Waals surface area contributed by atoms with Gasteiger partial charge in [0.2, 0.25) is 0 Å². The third-order valence-corrected chi connectivity index (χ3v) is 7.42. The molecule has 4 aromatic carbocycles. The van der Waals surface area contributed by atoms with Crippen molar-refractivity contribution in [1.82, 2.24) is 10.6 Å². The van der Waals surface area contributed by atoms with E-state index in [2.05, 4.69) is 34.9 Å². The lowest BCUT2D eigenvalue weighted by molar-refractivity contribution is 0.0940. The van der Waals surface area contributed by atoms with Crippen LogP contribution in [0.1, 0.15) is 70.4 Å². The molecule has 230 valence electrons. The minimum absolute atomic E-state index is 0.0979. The number of hydrogen-bond donors (Lipinski definition) is 2. The maximum atomic E-state index is 12.8. The van der Waals surface area contributed by atoms with E-state index in [1.807, 2.05) is 84.9 Å². The maximum Gasteiger partial charge on any atom is 0.255 e. The van der Waals surface area contributed by atoms with E-state index in [0.29, 0.717) is 48.9 Å². The smallest absolute Gasteiger partial charge is 0.255 e. The summed E-state index contributed by atoms with van der Waals surface area (Å²) in [5.74, 6) is 1.04. The molecule has 6 heteroatoms. The van der Waals surface area contributed by atoms with Crippen LogP contribution in [-0.4, -0.2) is 38.1 Å². The minimum atomic E-state index is -0.0979. The van der Waals surface area contributed by atoms with Crippen molar-refractivity contribution < 1.29 is 19.1 Å². The molecule has 0 spiro atoms. The molecule has 2 amide bonds. The summed E-state index contributed by atoms with van der Waals surface area (Å²) in [4.78, 5) is 25.5. The molecule has 0 saturated carbocycles. The zero-order valence-corrected chi connectivity index (χ0v) is 25.5. The molecule has 0 bridgehead atoms. The van der Waals surface area contributed by atoms with Gasteiger partial charge in [0.25, 0.3) is 11.8 Å². The van der Waals surface area contributed by atoms with Crippen LogP contribution in [0.15, 0.2) is 109 Å². The van der Waals surface area contributed by atoms with Crippen LogP contribution in [0.25, 0.3) is 0 Å². The van der Waals surface area contributed by atoms with Crippen LogP contribution in [0, 0.1) is 0 Å². The Hall–Kier alpha value is -4.58. The van der Waals surface area contributed by atoms with E-state index in [1.54, 1.807) is 0 Å². The summed E-state index contributed by atoms with van der Waals surface area (Å²) in [6.07, 6.45) is 7.75. The fourth-order valence-corrected chi connectivity index (χ4v) is 4.96. The van der Waals surface area contributed by atoms with Crippen LogP contribution in [0.2, 0.25) is 0 Å². The number of unbranched alkanes of at least 4 members (excludes halogenated alkanes) is 5. The average Bonchev–Trinajstić information content (AvgIpc) is 3.07. The Bertz CT molecular complexity index is 1300. The normalized spacial score (nSPS) is 10.6.